The van der Waals surface area contributed by atoms with Crippen LogP contribution in [0.25, 0.3) is 11.2 Å². The van der Waals surface area contributed by atoms with E-state index in [-0.39, 0.29) is 16.4 Å². The van der Waals surface area contributed by atoms with Gasteiger partial charge in [-0.15, -0.1) is 0 Å². The lowest BCUT2D eigenvalue weighted by molar-refractivity contribution is 0.0770. The van der Waals surface area contributed by atoms with Crippen LogP contribution >= 0.6 is 11.6 Å². The van der Waals surface area contributed by atoms with Gasteiger partial charge in [-0.1, -0.05) is 13.3 Å². The number of aromatic amines is 1. The molecule has 0 atom stereocenters. The number of halogens is 1. The molecular weight excluding hydrogens is 244 g/mol. The molecule has 0 aliphatic heterocycles. The van der Waals surface area contributed by atoms with Gasteiger partial charge in [0.1, 0.15) is 6.73 Å². The van der Waals surface area contributed by atoms with Gasteiger partial charge in [-0.05, 0) is 18.0 Å². The summed E-state index contributed by atoms with van der Waals surface area (Å²) in [7, 11) is 0. The molecule has 0 aliphatic carbocycles. The maximum atomic E-state index is 11.5. The summed E-state index contributed by atoms with van der Waals surface area (Å²) in [5.41, 5.74) is 0.371. The van der Waals surface area contributed by atoms with E-state index in [0.717, 1.165) is 12.8 Å². The van der Waals surface area contributed by atoms with Crippen molar-refractivity contribution in [2.45, 2.75) is 26.5 Å². The molecule has 0 saturated heterocycles. The van der Waals surface area contributed by atoms with Crippen molar-refractivity contribution >= 4 is 22.8 Å². The smallest absolute Gasteiger partial charge is 0.280 e. The van der Waals surface area contributed by atoms with Crippen LogP contribution in [0.1, 0.15) is 19.8 Å². The largest absolute Gasteiger partial charge is 0.361 e. The zero-order chi connectivity index (χ0) is 12.3. The molecule has 2 aromatic heterocycles. The second-order valence-corrected chi connectivity index (χ2v) is 3.99. The Morgan fingerprint density at radius 2 is 2.41 bits per heavy atom. The molecule has 92 valence electrons. The number of hydrogen-bond donors (Lipinski definition) is 1. The Kier molecular flexibility index (Phi) is 3.75. The summed E-state index contributed by atoms with van der Waals surface area (Å²) in [6.07, 6.45) is 3.60. The first-order valence-electron chi connectivity index (χ1n) is 5.40. The van der Waals surface area contributed by atoms with Gasteiger partial charge in [0, 0.05) is 6.61 Å². The molecule has 2 heterocycles. The highest BCUT2D eigenvalue weighted by molar-refractivity contribution is 6.28. The Balaban J connectivity index is 2.21. The van der Waals surface area contributed by atoms with Crippen LogP contribution in [-0.4, -0.2) is 26.1 Å². The van der Waals surface area contributed by atoms with Gasteiger partial charge >= 0.3 is 0 Å². The number of unbranched alkanes of at least 4 members (excludes halogenated alkanes) is 1. The normalized spacial score (nSPS) is 11.2. The van der Waals surface area contributed by atoms with Crippen molar-refractivity contribution < 1.29 is 4.74 Å². The van der Waals surface area contributed by atoms with E-state index in [0.29, 0.717) is 19.0 Å². The molecule has 6 nitrogen and oxygen atoms in total. The van der Waals surface area contributed by atoms with Crippen LogP contribution < -0.4 is 5.56 Å². The molecule has 0 aliphatic rings. The summed E-state index contributed by atoms with van der Waals surface area (Å²) < 4.78 is 7.09. The Bertz CT molecular complexity index is 563. The highest BCUT2D eigenvalue weighted by Gasteiger charge is 2.08. The van der Waals surface area contributed by atoms with Crippen LogP contribution in [0, 0.1) is 0 Å². The Morgan fingerprint density at radius 1 is 1.59 bits per heavy atom. The second-order valence-electron chi connectivity index (χ2n) is 3.63. The summed E-state index contributed by atoms with van der Waals surface area (Å²) in [4.78, 5) is 21.9. The van der Waals surface area contributed by atoms with Crippen LogP contribution in [0.3, 0.4) is 0 Å². The number of nitrogens with one attached hydrogen (secondary N) is 1. The molecule has 0 amide bonds. The minimum absolute atomic E-state index is 0.0535. The van der Waals surface area contributed by atoms with Crippen molar-refractivity contribution in [3.8, 4) is 0 Å². The lowest BCUT2D eigenvalue weighted by Crippen LogP contribution is -2.10. The standard InChI is InChI=1S/C10H13ClN4O2/c1-2-3-4-17-6-15-5-12-7-8(15)13-10(11)14-9(7)16/h5H,2-4,6H2,1H3,(H,13,14,16). The topological polar surface area (TPSA) is 72.8 Å². The van der Waals surface area contributed by atoms with Gasteiger partial charge in [0.05, 0.1) is 6.33 Å². The molecule has 0 spiro atoms. The first kappa shape index (κ1) is 12.1. The fourth-order valence-electron chi connectivity index (χ4n) is 1.43. The molecule has 0 bridgehead atoms. The molecule has 17 heavy (non-hydrogen) atoms. The summed E-state index contributed by atoms with van der Waals surface area (Å²) in [6, 6.07) is 0. The number of aromatic nitrogens is 4. The summed E-state index contributed by atoms with van der Waals surface area (Å²) in [5, 5.41) is 0.0535. The van der Waals surface area contributed by atoms with Gasteiger partial charge in [0.15, 0.2) is 11.2 Å². The third-order valence-corrected chi connectivity index (χ3v) is 2.50. The Morgan fingerprint density at radius 3 is 3.18 bits per heavy atom. The van der Waals surface area contributed by atoms with Gasteiger partial charge in [-0.25, -0.2) is 4.98 Å². The van der Waals surface area contributed by atoms with Gasteiger partial charge in [0.2, 0.25) is 5.28 Å². The maximum Gasteiger partial charge on any atom is 0.280 e. The third-order valence-electron chi connectivity index (χ3n) is 2.32. The van der Waals surface area contributed by atoms with Crippen molar-refractivity contribution in [1.82, 2.24) is 19.5 Å². The average Bonchev–Trinajstić information content (AvgIpc) is 2.68. The predicted molar refractivity (Wildman–Crippen MR) is 64.0 cm³/mol. The van der Waals surface area contributed by atoms with Gasteiger partial charge in [-0.2, -0.15) is 4.98 Å². The van der Waals surface area contributed by atoms with Crippen LogP contribution in [0.2, 0.25) is 5.28 Å². The van der Waals surface area contributed by atoms with E-state index < -0.39 is 0 Å². The van der Waals surface area contributed by atoms with E-state index in [1.165, 1.54) is 6.33 Å². The Labute approximate surface area is 103 Å². The molecule has 1 N–H and O–H groups in total. The number of rotatable bonds is 5. The second kappa shape index (κ2) is 5.29. The fraction of sp³-hybridized carbons (Fsp3) is 0.500. The SMILES string of the molecule is CCCCOCn1cnc2c(=O)[nH]c(Cl)nc21. The molecule has 2 aromatic rings. The zero-order valence-corrected chi connectivity index (χ0v) is 10.2. The highest BCUT2D eigenvalue weighted by Crippen LogP contribution is 2.08. The molecule has 0 unspecified atom stereocenters. The minimum Gasteiger partial charge on any atom is -0.361 e. The molecule has 0 aromatic carbocycles. The molecular formula is C10H13ClN4O2. The predicted octanol–water partition coefficient (Wildman–Crippen LogP) is 1.55. The molecule has 2 rings (SSSR count). The number of H-pyrrole nitrogens is 1. The van der Waals surface area contributed by atoms with Gasteiger partial charge < -0.3 is 4.74 Å². The monoisotopic (exact) mass is 256 g/mol. The molecule has 7 heteroatoms. The van der Waals surface area contributed by atoms with E-state index >= 15 is 0 Å². The van der Waals surface area contributed by atoms with Crippen LogP contribution in [0.4, 0.5) is 0 Å². The van der Waals surface area contributed by atoms with E-state index in [4.69, 9.17) is 16.3 Å². The molecule has 0 saturated carbocycles. The summed E-state index contributed by atoms with van der Waals surface area (Å²) >= 11 is 5.69. The Hall–Kier alpha value is -1.40. The molecule has 0 radical (unpaired) electrons. The van der Waals surface area contributed by atoms with Crippen molar-refractivity contribution in [2.75, 3.05) is 6.61 Å². The number of hydrogen-bond acceptors (Lipinski definition) is 4. The number of ether oxygens (including phenoxy) is 1. The number of nitrogens with zero attached hydrogens (tertiary/aromatic N) is 3. The van der Waals surface area contributed by atoms with E-state index in [2.05, 4.69) is 21.9 Å². The first-order chi connectivity index (χ1) is 8.22. The minimum atomic E-state index is -0.340. The van der Waals surface area contributed by atoms with Crippen molar-refractivity contribution in [3.63, 3.8) is 0 Å². The molecule has 0 fully saturated rings. The van der Waals surface area contributed by atoms with Crippen LogP contribution in [-0.2, 0) is 11.5 Å². The summed E-state index contributed by atoms with van der Waals surface area (Å²) in [6.45, 7) is 3.09. The van der Waals surface area contributed by atoms with E-state index in [1.807, 2.05) is 0 Å². The number of fused-ring (bicyclic) bond motifs is 1. The maximum absolute atomic E-state index is 11.5. The van der Waals surface area contributed by atoms with Crippen LogP contribution in [0.15, 0.2) is 11.1 Å². The van der Waals surface area contributed by atoms with E-state index in [1.54, 1.807) is 4.57 Å². The lowest BCUT2D eigenvalue weighted by atomic mass is 10.4. The van der Waals surface area contributed by atoms with Crippen molar-refractivity contribution in [2.24, 2.45) is 0 Å². The lowest BCUT2D eigenvalue weighted by Gasteiger charge is -2.04. The average molecular weight is 257 g/mol. The van der Waals surface area contributed by atoms with Gasteiger partial charge in [-0.3, -0.25) is 14.3 Å². The van der Waals surface area contributed by atoms with Gasteiger partial charge in [0.25, 0.3) is 5.56 Å². The summed E-state index contributed by atoms with van der Waals surface area (Å²) in [5.74, 6) is 0. The van der Waals surface area contributed by atoms with E-state index in [9.17, 15) is 4.79 Å². The quantitative estimate of drug-likeness (QED) is 0.651. The van der Waals surface area contributed by atoms with Crippen molar-refractivity contribution in [1.29, 1.82) is 0 Å². The van der Waals surface area contributed by atoms with Crippen LogP contribution in [0.5, 0.6) is 0 Å². The first-order valence-corrected chi connectivity index (χ1v) is 5.78. The highest BCUT2D eigenvalue weighted by atomic mass is 35.5. The zero-order valence-electron chi connectivity index (χ0n) is 9.44. The van der Waals surface area contributed by atoms with Crippen molar-refractivity contribution in [3.05, 3.63) is 22.0 Å². The third kappa shape index (κ3) is 2.65. The fourth-order valence-corrected chi connectivity index (χ4v) is 1.60. The number of imidazole rings is 1.